The van der Waals surface area contributed by atoms with Crippen molar-refractivity contribution in [3.63, 3.8) is 0 Å². The van der Waals surface area contributed by atoms with Crippen LogP contribution in [-0.2, 0) is 9.53 Å². The van der Waals surface area contributed by atoms with Crippen molar-refractivity contribution in [3.8, 4) is 11.3 Å². The third-order valence-electron chi connectivity index (χ3n) is 4.39. The molecule has 0 saturated carbocycles. The Morgan fingerprint density at radius 3 is 2.59 bits per heavy atom. The summed E-state index contributed by atoms with van der Waals surface area (Å²) in [6.45, 7) is 1.59. The summed E-state index contributed by atoms with van der Waals surface area (Å²) in [7, 11) is 0. The number of esters is 1. The molecule has 0 amide bonds. The molecule has 0 radical (unpaired) electrons. The van der Waals surface area contributed by atoms with Gasteiger partial charge in [-0.25, -0.2) is 9.79 Å². The summed E-state index contributed by atoms with van der Waals surface area (Å²) in [5.74, 6) is 0.472. The molecule has 0 bridgehead atoms. The van der Waals surface area contributed by atoms with E-state index in [2.05, 4.69) is 20.9 Å². The van der Waals surface area contributed by atoms with Crippen molar-refractivity contribution in [1.82, 2.24) is 0 Å². The molecule has 3 aromatic rings. The Labute approximate surface area is 173 Å². The molecule has 4 rings (SSSR count). The zero-order valence-electron chi connectivity index (χ0n) is 15.1. The average molecular weight is 453 g/mol. The van der Waals surface area contributed by atoms with E-state index >= 15 is 0 Å². The molecule has 2 aromatic carbocycles. The number of nitrogens with zero attached hydrogens (tertiary/aromatic N) is 2. The maximum absolute atomic E-state index is 12.2. The highest BCUT2D eigenvalue weighted by Gasteiger charge is 2.27. The topological polar surface area (TPSA) is 94.9 Å². The number of rotatable bonds is 4. The van der Waals surface area contributed by atoms with Crippen LogP contribution in [0.25, 0.3) is 17.4 Å². The Hall–Kier alpha value is -3.52. The number of carbonyl (C=O) groups excluding carboxylic acids is 1. The maximum atomic E-state index is 12.2. The third-order valence-corrected chi connectivity index (χ3v) is 4.92. The van der Waals surface area contributed by atoms with Crippen LogP contribution in [0.15, 0.2) is 74.2 Å². The van der Waals surface area contributed by atoms with Crippen molar-refractivity contribution in [2.45, 2.75) is 6.92 Å². The van der Waals surface area contributed by atoms with Gasteiger partial charge >= 0.3 is 5.97 Å². The zero-order chi connectivity index (χ0) is 20.5. The van der Waals surface area contributed by atoms with Crippen molar-refractivity contribution < 1.29 is 18.9 Å². The molecule has 1 aliphatic heterocycles. The van der Waals surface area contributed by atoms with Gasteiger partial charge in [0.1, 0.15) is 11.5 Å². The van der Waals surface area contributed by atoms with Crippen molar-refractivity contribution in [2.75, 3.05) is 0 Å². The number of nitro groups is 1. The lowest BCUT2D eigenvalue weighted by molar-refractivity contribution is -0.385. The summed E-state index contributed by atoms with van der Waals surface area (Å²) < 4.78 is 12.0. The summed E-state index contributed by atoms with van der Waals surface area (Å²) in [5, 5.41) is 11.1. The van der Waals surface area contributed by atoms with Gasteiger partial charge in [-0.1, -0.05) is 34.1 Å². The van der Waals surface area contributed by atoms with E-state index in [0.717, 1.165) is 10.0 Å². The minimum atomic E-state index is -0.646. The Balaban J connectivity index is 1.65. The van der Waals surface area contributed by atoms with Gasteiger partial charge in [0.2, 0.25) is 5.90 Å². The number of aliphatic imine (C=N–C) groups is 1. The SMILES string of the molecule is Cc1c(C2=N/C(=C\c3ccc(-c4ccc(Br)cc4)o3)C(=O)O2)cccc1[N+](=O)[O-]. The van der Waals surface area contributed by atoms with Gasteiger partial charge in [0.25, 0.3) is 5.69 Å². The molecule has 1 aliphatic rings. The minimum absolute atomic E-state index is 0.0298. The predicted octanol–water partition coefficient (Wildman–Crippen LogP) is 5.27. The van der Waals surface area contributed by atoms with Crippen LogP contribution in [0.4, 0.5) is 5.69 Å². The molecule has 1 aromatic heterocycles. The Morgan fingerprint density at radius 2 is 1.86 bits per heavy atom. The van der Waals surface area contributed by atoms with Crippen LogP contribution in [0.2, 0.25) is 0 Å². The highest BCUT2D eigenvalue weighted by molar-refractivity contribution is 9.10. The molecule has 7 nitrogen and oxygen atoms in total. The number of cyclic esters (lactones) is 1. The molecule has 0 N–H and O–H groups in total. The highest BCUT2D eigenvalue weighted by Crippen LogP contribution is 2.28. The Bertz CT molecular complexity index is 1190. The molecular weight excluding hydrogens is 440 g/mol. The number of furan rings is 1. The van der Waals surface area contributed by atoms with Crippen molar-refractivity contribution >= 4 is 39.6 Å². The lowest BCUT2D eigenvalue weighted by Crippen LogP contribution is -2.08. The summed E-state index contributed by atoms with van der Waals surface area (Å²) in [6, 6.07) is 15.7. The molecule has 0 atom stereocenters. The van der Waals surface area contributed by atoms with E-state index < -0.39 is 10.9 Å². The molecular formula is C21H13BrN2O5. The molecule has 0 fully saturated rings. The molecule has 144 valence electrons. The molecule has 8 heteroatoms. The Kier molecular flexibility index (Phi) is 4.85. The van der Waals surface area contributed by atoms with Gasteiger partial charge in [-0.3, -0.25) is 10.1 Å². The number of carbonyl (C=O) groups is 1. The van der Waals surface area contributed by atoms with Crippen LogP contribution in [0.1, 0.15) is 16.9 Å². The first-order valence-corrected chi connectivity index (χ1v) is 9.34. The van der Waals surface area contributed by atoms with Gasteiger partial charge in [-0.05, 0) is 37.3 Å². The second-order valence-corrected chi connectivity index (χ2v) is 7.17. The predicted molar refractivity (Wildman–Crippen MR) is 110 cm³/mol. The van der Waals surface area contributed by atoms with Crippen LogP contribution in [0.5, 0.6) is 0 Å². The summed E-state index contributed by atoms with van der Waals surface area (Å²) in [6.07, 6.45) is 1.48. The van der Waals surface area contributed by atoms with E-state index in [9.17, 15) is 14.9 Å². The van der Waals surface area contributed by atoms with Gasteiger partial charge < -0.3 is 9.15 Å². The lowest BCUT2D eigenvalue weighted by Gasteiger charge is -2.04. The number of hydrogen-bond acceptors (Lipinski definition) is 6. The van der Waals surface area contributed by atoms with E-state index in [0.29, 0.717) is 22.6 Å². The van der Waals surface area contributed by atoms with Crippen LogP contribution in [0.3, 0.4) is 0 Å². The lowest BCUT2D eigenvalue weighted by atomic mass is 10.1. The average Bonchev–Trinajstić information content (AvgIpc) is 3.30. The monoisotopic (exact) mass is 452 g/mol. The fourth-order valence-corrected chi connectivity index (χ4v) is 3.18. The van der Waals surface area contributed by atoms with E-state index in [-0.39, 0.29) is 17.3 Å². The quantitative estimate of drug-likeness (QED) is 0.232. The normalized spacial score (nSPS) is 14.8. The largest absolute Gasteiger partial charge is 0.457 e. The first-order valence-electron chi connectivity index (χ1n) is 8.55. The second-order valence-electron chi connectivity index (χ2n) is 6.25. The fourth-order valence-electron chi connectivity index (χ4n) is 2.91. The molecule has 0 unspecified atom stereocenters. The van der Waals surface area contributed by atoms with Crippen LogP contribution >= 0.6 is 15.9 Å². The van der Waals surface area contributed by atoms with Crippen molar-refractivity contribution in [3.05, 3.63) is 91.8 Å². The summed E-state index contributed by atoms with van der Waals surface area (Å²) >= 11 is 3.39. The smallest absolute Gasteiger partial charge is 0.363 e. The first-order chi connectivity index (χ1) is 13.9. The van der Waals surface area contributed by atoms with E-state index in [1.54, 1.807) is 25.1 Å². The number of halogens is 1. The third kappa shape index (κ3) is 3.74. The first kappa shape index (κ1) is 18.8. The molecule has 0 aliphatic carbocycles. The molecule has 0 spiro atoms. The van der Waals surface area contributed by atoms with Gasteiger partial charge in [0.15, 0.2) is 5.70 Å². The Morgan fingerprint density at radius 1 is 1.10 bits per heavy atom. The van der Waals surface area contributed by atoms with Crippen molar-refractivity contribution in [2.24, 2.45) is 4.99 Å². The number of ether oxygens (including phenoxy) is 1. The van der Waals surface area contributed by atoms with Crippen molar-refractivity contribution in [1.29, 1.82) is 0 Å². The van der Waals surface area contributed by atoms with E-state index in [4.69, 9.17) is 9.15 Å². The van der Waals surface area contributed by atoms with Crippen LogP contribution in [-0.4, -0.2) is 16.8 Å². The van der Waals surface area contributed by atoms with Gasteiger partial charge in [0.05, 0.1) is 4.92 Å². The second kappa shape index (κ2) is 7.48. The summed E-state index contributed by atoms with van der Waals surface area (Å²) in [5.41, 5.74) is 1.65. The molecule has 0 saturated heterocycles. The fraction of sp³-hybridized carbons (Fsp3) is 0.0476. The summed E-state index contributed by atoms with van der Waals surface area (Å²) in [4.78, 5) is 27.1. The number of nitro benzene ring substituents is 1. The van der Waals surface area contributed by atoms with E-state index in [1.807, 2.05) is 24.3 Å². The van der Waals surface area contributed by atoms with Crippen LogP contribution in [0, 0.1) is 17.0 Å². The van der Waals surface area contributed by atoms with Gasteiger partial charge in [0, 0.05) is 33.3 Å². The standard InChI is InChI=1S/C21H13BrN2O5/c1-12-16(3-2-4-18(12)24(26)27)20-23-17(21(25)29-20)11-15-9-10-19(28-15)13-5-7-14(22)8-6-13/h2-11H,1H3/b17-11-. The zero-order valence-corrected chi connectivity index (χ0v) is 16.7. The maximum Gasteiger partial charge on any atom is 0.363 e. The highest BCUT2D eigenvalue weighted by atomic mass is 79.9. The molecule has 2 heterocycles. The van der Waals surface area contributed by atoms with E-state index in [1.165, 1.54) is 18.2 Å². The van der Waals surface area contributed by atoms with Gasteiger partial charge in [-0.15, -0.1) is 0 Å². The molecule has 29 heavy (non-hydrogen) atoms. The van der Waals surface area contributed by atoms with Crippen LogP contribution < -0.4 is 0 Å². The number of benzene rings is 2. The minimum Gasteiger partial charge on any atom is -0.457 e. The van der Waals surface area contributed by atoms with Gasteiger partial charge in [-0.2, -0.15) is 0 Å². The number of hydrogen-bond donors (Lipinski definition) is 0.